The summed E-state index contributed by atoms with van der Waals surface area (Å²) < 4.78 is 34.4. The fraction of sp³-hybridized carbons (Fsp3) is 0.500. The van der Waals surface area contributed by atoms with E-state index in [4.69, 9.17) is 4.42 Å². The summed E-state index contributed by atoms with van der Waals surface area (Å²) in [6, 6.07) is 3.49. The largest absolute Gasteiger partial charge is 0.465 e. The molecule has 1 atom stereocenters. The highest BCUT2D eigenvalue weighted by molar-refractivity contribution is 7.89. The van der Waals surface area contributed by atoms with Gasteiger partial charge in [0, 0.05) is 19.8 Å². The molecule has 3 rings (SSSR count). The van der Waals surface area contributed by atoms with Gasteiger partial charge in [-0.15, -0.1) is 0 Å². The van der Waals surface area contributed by atoms with Gasteiger partial charge < -0.3 is 8.98 Å². The number of hydrogen-bond acceptors (Lipinski definition) is 4. The molecule has 0 spiro atoms. The van der Waals surface area contributed by atoms with E-state index in [1.165, 1.54) is 4.31 Å². The van der Waals surface area contributed by atoms with Crippen molar-refractivity contribution in [2.75, 3.05) is 6.54 Å². The molecule has 0 radical (unpaired) electrons. The Labute approximate surface area is 124 Å². The lowest BCUT2D eigenvalue weighted by Gasteiger charge is -2.21. The normalized spacial score (nSPS) is 20.2. The van der Waals surface area contributed by atoms with E-state index in [0.717, 1.165) is 18.6 Å². The van der Waals surface area contributed by atoms with Crippen molar-refractivity contribution >= 4 is 10.0 Å². The van der Waals surface area contributed by atoms with Crippen LogP contribution in [0.1, 0.15) is 36.2 Å². The van der Waals surface area contributed by atoms with Crippen molar-refractivity contribution in [2.45, 2.75) is 37.8 Å². The third kappa shape index (κ3) is 2.40. The third-order valence-corrected chi connectivity index (χ3v) is 5.73. The highest BCUT2D eigenvalue weighted by Crippen LogP contribution is 2.36. The van der Waals surface area contributed by atoms with E-state index in [0.29, 0.717) is 18.1 Å². The molecule has 0 aliphatic carbocycles. The van der Waals surface area contributed by atoms with Gasteiger partial charge in [0.25, 0.3) is 10.0 Å². The number of nitrogens with zero attached hydrogens (tertiary/aromatic N) is 3. The minimum Gasteiger partial charge on any atom is -0.465 e. The molecule has 1 fully saturated rings. The van der Waals surface area contributed by atoms with Crippen LogP contribution in [0.2, 0.25) is 0 Å². The maximum Gasteiger partial charge on any atom is 0.262 e. The van der Waals surface area contributed by atoms with Crippen LogP contribution in [0.5, 0.6) is 0 Å². The van der Waals surface area contributed by atoms with Crippen molar-refractivity contribution in [1.82, 2.24) is 13.9 Å². The first kappa shape index (κ1) is 14.3. The third-order valence-electron chi connectivity index (χ3n) is 3.95. The van der Waals surface area contributed by atoms with Gasteiger partial charge in [-0.3, -0.25) is 0 Å². The molecule has 2 aromatic heterocycles. The van der Waals surface area contributed by atoms with Gasteiger partial charge in [-0.2, -0.15) is 4.31 Å². The summed E-state index contributed by atoms with van der Waals surface area (Å²) in [4.78, 5) is 4.16. The van der Waals surface area contributed by atoms with Crippen LogP contribution >= 0.6 is 0 Å². The van der Waals surface area contributed by atoms with Gasteiger partial charge in [0.2, 0.25) is 0 Å². The van der Waals surface area contributed by atoms with E-state index in [9.17, 15) is 8.42 Å². The Bertz CT molecular complexity index is 741. The zero-order chi connectivity index (χ0) is 15.2. The fourth-order valence-electron chi connectivity index (χ4n) is 2.72. The first-order valence-corrected chi connectivity index (χ1v) is 8.42. The molecule has 0 N–H and O–H groups in total. The summed E-state index contributed by atoms with van der Waals surface area (Å²) in [7, 11) is -1.80. The van der Waals surface area contributed by atoms with E-state index >= 15 is 0 Å². The molecular weight excluding hydrogens is 290 g/mol. The van der Waals surface area contributed by atoms with Crippen LogP contribution in [0.4, 0.5) is 0 Å². The van der Waals surface area contributed by atoms with Crippen LogP contribution in [-0.2, 0) is 17.1 Å². The maximum absolute atomic E-state index is 12.8. The van der Waals surface area contributed by atoms with Gasteiger partial charge in [-0.25, -0.2) is 13.4 Å². The monoisotopic (exact) mass is 309 g/mol. The number of rotatable bonds is 3. The van der Waals surface area contributed by atoms with Gasteiger partial charge in [0.15, 0.2) is 5.03 Å². The summed E-state index contributed by atoms with van der Waals surface area (Å²) in [5.41, 5.74) is 0. The fourth-order valence-corrected chi connectivity index (χ4v) is 4.41. The minimum atomic E-state index is -3.59. The SMILES string of the molecule is Cc1ccc([C@@H]2CCCN2S(=O)(=O)c2cn(C)c(C)n2)o1. The molecule has 0 aromatic carbocycles. The van der Waals surface area contributed by atoms with Crippen LogP contribution in [-0.4, -0.2) is 28.8 Å². The number of hydrogen-bond donors (Lipinski definition) is 0. The molecule has 2 aromatic rings. The van der Waals surface area contributed by atoms with Crippen LogP contribution in [0.15, 0.2) is 27.8 Å². The Morgan fingerprint density at radius 1 is 1.33 bits per heavy atom. The quantitative estimate of drug-likeness (QED) is 0.871. The number of aromatic nitrogens is 2. The van der Waals surface area contributed by atoms with E-state index < -0.39 is 10.0 Å². The Morgan fingerprint density at radius 2 is 2.10 bits per heavy atom. The summed E-state index contributed by atoms with van der Waals surface area (Å²) in [6.07, 6.45) is 3.17. The zero-order valence-corrected chi connectivity index (χ0v) is 13.2. The van der Waals surface area contributed by atoms with Gasteiger partial charge in [0.05, 0.1) is 6.04 Å². The second-order valence-corrected chi connectivity index (χ2v) is 7.30. The van der Waals surface area contributed by atoms with Crippen molar-refractivity contribution in [1.29, 1.82) is 0 Å². The lowest BCUT2D eigenvalue weighted by molar-refractivity contribution is 0.333. The van der Waals surface area contributed by atoms with Crippen LogP contribution in [0, 0.1) is 13.8 Å². The molecule has 3 heterocycles. The lowest BCUT2D eigenvalue weighted by atomic mass is 10.2. The van der Waals surface area contributed by atoms with E-state index in [-0.39, 0.29) is 11.1 Å². The standard InChI is InChI=1S/C14H19N3O3S/c1-10-6-7-13(20-10)12-5-4-8-17(12)21(18,19)14-9-16(3)11(2)15-14/h6-7,9,12H,4-5,8H2,1-3H3/t12-/m0/s1. The van der Waals surface area contributed by atoms with Crippen molar-refractivity contribution in [2.24, 2.45) is 7.05 Å². The Balaban J connectivity index is 1.97. The molecule has 0 saturated carbocycles. The smallest absolute Gasteiger partial charge is 0.262 e. The van der Waals surface area contributed by atoms with Crippen molar-refractivity contribution in [3.05, 3.63) is 35.7 Å². The van der Waals surface area contributed by atoms with E-state index in [1.54, 1.807) is 24.7 Å². The Morgan fingerprint density at radius 3 is 2.67 bits per heavy atom. The van der Waals surface area contributed by atoms with Crippen LogP contribution in [0.25, 0.3) is 0 Å². The number of imidazole rings is 1. The molecule has 0 unspecified atom stereocenters. The minimum absolute atomic E-state index is 0.109. The predicted molar refractivity (Wildman–Crippen MR) is 77.3 cm³/mol. The van der Waals surface area contributed by atoms with Gasteiger partial charge in [0.1, 0.15) is 17.3 Å². The first-order valence-electron chi connectivity index (χ1n) is 6.98. The van der Waals surface area contributed by atoms with Gasteiger partial charge in [-0.05, 0) is 38.8 Å². The second-order valence-electron chi connectivity index (χ2n) is 5.46. The molecule has 0 bridgehead atoms. The maximum atomic E-state index is 12.8. The number of furan rings is 1. The molecule has 114 valence electrons. The molecule has 21 heavy (non-hydrogen) atoms. The highest BCUT2D eigenvalue weighted by Gasteiger charge is 2.39. The lowest BCUT2D eigenvalue weighted by Crippen LogP contribution is -2.30. The molecular formula is C14H19N3O3S. The van der Waals surface area contributed by atoms with Crippen molar-refractivity contribution in [3.8, 4) is 0 Å². The number of aryl methyl sites for hydroxylation is 3. The molecule has 6 nitrogen and oxygen atoms in total. The number of sulfonamides is 1. The molecule has 0 amide bonds. The average molecular weight is 309 g/mol. The average Bonchev–Trinajstić information content (AvgIpc) is 3.10. The Hall–Kier alpha value is -1.60. The summed E-state index contributed by atoms with van der Waals surface area (Å²) >= 11 is 0. The van der Waals surface area contributed by atoms with Gasteiger partial charge >= 0.3 is 0 Å². The van der Waals surface area contributed by atoms with E-state index in [1.807, 2.05) is 19.1 Å². The van der Waals surface area contributed by atoms with Crippen molar-refractivity contribution < 1.29 is 12.8 Å². The predicted octanol–water partition coefficient (Wildman–Crippen LogP) is 2.16. The topological polar surface area (TPSA) is 68.3 Å². The summed E-state index contributed by atoms with van der Waals surface area (Å²) in [5.74, 6) is 2.18. The van der Waals surface area contributed by atoms with Crippen LogP contribution < -0.4 is 0 Å². The molecule has 1 saturated heterocycles. The molecule has 1 aliphatic heterocycles. The molecule has 7 heteroatoms. The first-order chi connectivity index (χ1) is 9.89. The van der Waals surface area contributed by atoms with Crippen molar-refractivity contribution in [3.63, 3.8) is 0 Å². The Kier molecular flexibility index (Phi) is 3.41. The van der Waals surface area contributed by atoms with Crippen LogP contribution in [0.3, 0.4) is 0 Å². The van der Waals surface area contributed by atoms with Gasteiger partial charge in [-0.1, -0.05) is 0 Å². The van der Waals surface area contributed by atoms with E-state index in [2.05, 4.69) is 4.98 Å². The summed E-state index contributed by atoms with van der Waals surface area (Å²) in [5, 5.41) is 0.109. The molecule has 1 aliphatic rings. The summed E-state index contributed by atoms with van der Waals surface area (Å²) in [6.45, 7) is 4.15. The highest BCUT2D eigenvalue weighted by atomic mass is 32.2. The zero-order valence-electron chi connectivity index (χ0n) is 12.4. The second kappa shape index (κ2) is 4.99.